The first-order valence-corrected chi connectivity index (χ1v) is 9.39. The highest BCUT2D eigenvalue weighted by atomic mass is 16.5. The van der Waals surface area contributed by atoms with Gasteiger partial charge in [-0.3, -0.25) is 9.20 Å². The smallest absolute Gasteiger partial charge is 0.335 e. The van der Waals surface area contributed by atoms with Crippen LogP contribution in [0.1, 0.15) is 52.4 Å². The summed E-state index contributed by atoms with van der Waals surface area (Å²) in [5, 5.41) is 19.3. The third-order valence-electron chi connectivity index (χ3n) is 5.06. The molecule has 29 heavy (non-hydrogen) atoms. The first kappa shape index (κ1) is 20.5. The first-order chi connectivity index (χ1) is 13.8. The second-order valence-electron chi connectivity index (χ2n) is 7.25. The van der Waals surface area contributed by atoms with E-state index in [1.807, 2.05) is 6.92 Å². The number of aliphatic hydroxyl groups is 1. The van der Waals surface area contributed by atoms with Gasteiger partial charge in [0.05, 0.1) is 24.5 Å². The van der Waals surface area contributed by atoms with Crippen LogP contribution in [0.25, 0.3) is 5.65 Å². The number of benzene rings is 1. The lowest BCUT2D eigenvalue weighted by Crippen LogP contribution is -2.31. The second-order valence-corrected chi connectivity index (χ2v) is 7.25. The summed E-state index contributed by atoms with van der Waals surface area (Å²) < 4.78 is 7.31. The number of fused-ring (bicyclic) bond motifs is 1. The number of ketones is 1. The fraction of sp³-hybridized carbons (Fsp3) is 0.318. The minimum absolute atomic E-state index is 0.0000677. The van der Waals surface area contributed by atoms with E-state index in [4.69, 9.17) is 4.74 Å². The second kappa shape index (κ2) is 8.05. The Morgan fingerprint density at radius 2 is 2.00 bits per heavy atom. The van der Waals surface area contributed by atoms with Crippen molar-refractivity contribution in [3.8, 4) is 5.75 Å². The van der Waals surface area contributed by atoms with Crippen molar-refractivity contribution in [3.63, 3.8) is 0 Å². The molecule has 0 unspecified atom stereocenters. The molecule has 7 heteroatoms. The molecule has 152 valence electrons. The quantitative estimate of drug-likeness (QED) is 0.567. The van der Waals surface area contributed by atoms with Crippen LogP contribution in [-0.2, 0) is 5.41 Å². The number of hydrogen-bond acceptors (Lipinski definition) is 5. The van der Waals surface area contributed by atoms with E-state index in [2.05, 4.69) is 4.98 Å². The summed E-state index contributed by atoms with van der Waals surface area (Å²) in [5.41, 5.74) is 1.33. The zero-order valence-corrected chi connectivity index (χ0v) is 16.7. The van der Waals surface area contributed by atoms with E-state index in [0.29, 0.717) is 35.0 Å². The number of aryl methyl sites for hydroxylation is 1. The number of carbonyl (C=O) groups is 2. The van der Waals surface area contributed by atoms with Crippen LogP contribution in [0.4, 0.5) is 0 Å². The van der Waals surface area contributed by atoms with E-state index in [1.54, 1.807) is 48.7 Å². The van der Waals surface area contributed by atoms with Crippen molar-refractivity contribution in [2.75, 3.05) is 13.2 Å². The number of aromatic carboxylic acids is 1. The van der Waals surface area contributed by atoms with Gasteiger partial charge in [0, 0.05) is 18.0 Å². The average molecular weight is 396 g/mol. The summed E-state index contributed by atoms with van der Waals surface area (Å²) in [7, 11) is 0. The maximum Gasteiger partial charge on any atom is 0.335 e. The molecule has 0 amide bonds. The molecular weight excluding hydrogens is 372 g/mol. The summed E-state index contributed by atoms with van der Waals surface area (Å²) in [6, 6.07) is 9.91. The first-order valence-electron chi connectivity index (χ1n) is 9.39. The molecule has 0 aliphatic carbocycles. The Morgan fingerprint density at radius 1 is 1.24 bits per heavy atom. The van der Waals surface area contributed by atoms with Crippen LogP contribution in [0.15, 0.2) is 42.6 Å². The van der Waals surface area contributed by atoms with E-state index in [9.17, 15) is 19.8 Å². The number of pyridine rings is 1. The van der Waals surface area contributed by atoms with Crippen LogP contribution < -0.4 is 4.74 Å². The van der Waals surface area contributed by atoms with E-state index in [-0.39, 0.29) is 24.4 Å². The van der Waals surface area contributed by atoms with Crippen LogP contribution in [0.5, 0.6) is 5.75 Å². The van der Waals surface area contributed by atoms with Gasteiger partial charge >= 0.3 is 5.97 Å². The molecule has 3 aromatic rings. The van der Waals surface area contributed by atoms with Crippen LogP contribution in [-0.4, -0.2) is 44.6 Å². The lowest BCUT2D eigenvalue weighted by molar-refractivity contribution is 0.0696. The molecule has 7 nitrogen and oxygen atoms in total. The lowest BCUT2D eigenvalue weighted by Gasteiger charge is -2.27. The Balaban J connectivity index is 2.00. The molecule has 0 aliphatic heterocycles. The Hall–Kier alpha value is -3.19. The number of carboxylic acids is 1. The fourth-order valence-electron chi connectivity index (χ4n) is 3.48. The normalized spacial score (nSPS) is 13.2. The molecule has 2 heterocycles. The molecular formula is C22H24N2O5. The van der Waals surface area contributed by atoms with Gasteiger partial charge in [-0.2, -0.15) is 0 Å². The van der Waals surface area contributed by atoms with Crippen LogP contribution in [0.3, 0.4) is 0 Å². The van der Waals surface area contributed by atoms with Crippen molar-refractivity contribution in [3.05, 3.63) is 65.1 Å². The fourth-order valence-corrected chi connectivity index (χ4v) is 3.48. The van der Waals surface area contributed by atoms with Crippen molar-refractivity contribution in [1.82, 2.24) is 9.38 Å². The molecule has 1 aromatic carbocycles. The van der Waals surface area contributed by atoms with Gasteiger partial charge in [0.1, 0.15) is 5.69 Å². The highest BCUT2D eigenvalue weighted by Crippen LogP contribution is 2.31. The lowest BCUT2D eigenvalue weighted by atomic mass is 9.78. The number of hydrogen-bond donors (Lipinski definition) is 2. The SMILES string of the molecule is CCOc1cccn2c(C(=O)C[C@@](C)(CO)c3cccc(C(=O)O)c3)c(C)nc12. The maximum absolute atomic E-state index is 13.2. The zero-order chi connectivity index (χ0) is 21.2. The van der Waals surface area contributed by atoms with Crippen molar-refractivity contribution in [2.45, 2.75) is 32.6 Å². The number of aromatic nitrogens is 2. The third-order valence-corrected chi connectivity index (χ3v) is 5.06. The molecule has 0 bridgehead atoms. The van der Waals surface area contributed by atoms with E-state index < -0.39 is 11.4 Å². The molecule has 0 aliphatic rings. The molecule has 0 radical (unpaired) electrons. The molecule has 2 N–H and O–H groups in total. The van der Waals surface area contributed by atoms with Crippen molar-refractivity contribution < 1.29 is 24.5 Å². The Bertz CT molecular complexity index is 1070. The number of aliphatic hydroxyl groups excluding tert-OH is 1. The third kappa shape index (κ3) is 3.86. The molecule has 3 rings (SSSR count). The highest BCUT2D eigenvalue weighted by Gasteiger charge is 2.32. The molecule has 1 atom stereocenters. The van der Waals surface area contributed by atoms with E-state index >= 15 is 0 Å². The van der Waals surface area contributed by atoms with E-state index in [0.717, 1.165) is 0 Å². The predicted molar refractivity (Wildman–Crippen MR) is 108 cm³/mol. The topological polar surface area (TPSA) is 101 Å². The summed E-state index contributed by atoms with van der Waals surface area (Å²) >= 11 is 0. The van der Waals surface area contributed by atoms with Gasteiger partial charge in [-0.15, -0.1) is 0 Å². The maximum atomic E-state index is 13.2. The number of ether oxygens (including phenoxy) is 1. The van der Waals surface area contributed by atoms with Gasteiger partial charge in [-0.05, 0) is 43.7 Å². The molecule has 0 saturated heterocycles. The van der Waals surface area contributed by atoms with Gasteiger partial charge in [-0.25, -0.2) is 9.78 Å². The van der Waals surface area contributed by atoms with Crippen LogP contribution in [0, 0.1) is 6.92 Å². The Kier molecular flexibility index (Phi) is 5.70. The van der Waals surface area contributed by atoms with Crippen LogP contribution in [0.2, 0.25) is 0 Å². The predicted octanol–water partition coefficient (Wildman–Crippen LogP) is 3.26. The highest BCUT2D eigenvalue weighted by molar-refractivity contribution is 5.97. The van der Waals surface area contributed by atoms with Gasteiger partial charge in [0.25, 0.3) is 0 Å². The molecule has 0 fully saturated rings. The van der Waals surface area contributed by atoms with Crippen LogP contribution >= 0.6 is 0 Å². The number of Topliss-reactive ketones (excluding diaryl/α,β-unsaturated/α-hetero) is 1. The van der Waals surface area contributed by atoms with E-state index in [1.165, 1.54) is 12.1 Å². The van der Waals surface area contributed by atoms with Gasteiger partial charge < -0.3 is 14.9 Å². The Morgan fingerprint density at radius 3 is 2.66 bits per heavy atom. The minimum Gasteiger partial charge on any atom is -0.490 e. The average Bonchev–Trinajstić information content (AvgIpc) is 3.05. The van der Waals surface area contributed by atoms with Crippen molar-refractivity contribution in [1.29, 1.82) is 0 Å². The zero-order valence-electron chi connectivity index (χ0n) is 16.7. The summed E-state index contributed by atoms with van der Waals surface area (Å²) in [4.78, 5) is 29.0. The molecule has 2 aromatic heterocycles. The molecule has 0 saturated carbocycles. The Labute approximate surface area is 168 Å². The summed E-state index contributed by atoms with van der Waals surface area (Å²) in [6.07, 6.45) is 1.76. The summed E-state index contributed by atoms with van der Waals surface area (Å²) in [5.74, 6) is -0.656. The number of rotatable bonds is 8. The monoisotopic (exact) mass is 396 g/mol. The van der Waals surface area contributed by atoms with Gasteiger partial charge in [0.2, 0.25) is 0 Å². The van der Waals surface area contributed by atoms with Gasteiger partial charge in [0.15, 0.2) is 17.2 Å². The van der Waals surface area contributed by atoms with Crippen molar-refractivity contribution in [2.24, 2.45) is 0 Å². The number of nitrogens with zero attached hydrogens (tertiary/aromatic N) is 2. The molecule has 0 spiro atoms. The van der Waals surface area contributed by atoms with Crippen molar-refractivity contribution >= 4 is 17.4 Å². The number of imidazole rings is 1. The largest absolute Gasteiger partial charge is 0.490 e. The minimum atomic E-state index is -1.06. The number of carboxylic acid groups (broad SMARTS) is 1. The van der Waals surface area contributed by atoms with Gasteiger partial charge in [-0.1, -0.05) is 19.1 Å². The standard InChI is InChI=1S/C22H24N2O5/c1-4-29-18-9-6-10-24-19(14(2)23-20(18)24)17(26)12-22(3,13-25)16-8-5-7-15(11-16)21(27)28/h5-11,25H,4,12-13H2,1-3H3,(H,27,28)/t22-/m0/s1. The number of carbonyl (C=O) groups excluding carboxylic acids is 1. The summed E-state index contributed by atoms with van der Waals surface area (Å²) in [6.45, 7) is 5.57.